The Bertz CT molecular complexity index is 712. The third-order valence-corrected chi connectivity index (χ3v) is 4.68. The number of benzene rings is 2. The molecule has 0 aliphatic rings. The fourth-order valence-corrected chi connectivity index (χ4v) is 3.00. The van der Waals surface area contributed by atoms with E-state index in [0.717, 1.165) is 5.56 Å². The minimum absolute atomic E-state index is 0.134. The van der Waals surface area contributed by atoms with Crippen molar-refractivity contribution in [2.45, 2.75) is 24.5 Å². The summed E-state index contributed by atoms with van der Waals surface area (Å²) in [6.07, 6.45) is -0.712. The van der Waals surface area contributed by atoms with Crippen molar-refractivity contribution < 1.29 is 13.5 Å². The van der Waals surface area contributed by atoms with Gasteiger partial charge in [0.05, 0.1) is 11.0 Å². The molecule has 2 aromatic rings. The summed E-state index contributed by atoms with van der Waals surface area (Å²) in [5, 5.41) is 10.1. The van der Waals surface area contributed by atoms with E-state index in [0.29, 0.717) is 10.6 Å². The van der Waals surface area contributed by atoms with Crippen LogP contribution in [0.5, 0.6) is 0 Å². The van der Waals surface area contributed by atoms with Crippen LogP contribution in [0.1, 0.15) is 24.2 Å². The summed E-state index contributed by atoms with van der Waals surface area (Å²) in [6.45, 7) is 1.77. The maximum Gasteiger partial charge on any atom is 0.240 e. The van der Waals surface area contributed by atoms with E-state index < -0.39 is 16.1 Å². The van der Waals surface area contributed by atoms with Gasteiger partial charge in [-0.2, -0.15) is 0 Å². The number of hydrogen-bond acceptors (Lipinski definition) is 3. The highest BCUT2D eigenvalue weighted by Gasteiger charge is 2.15. The van der Waals surface area contributed by atoms with Gasteiger partial charge < -0.3 is 5.11 Å². The molecule has 0 fully saturated rings. The van der Waals surface area contributed by atoms with E-state index in [2.05, 4.69) is 4.72 Å². The molecule has 0 aromatic heterocycles. The summed E-state index contributed by atoms with van der Waals surface area (Å²) < 4.78 is 27.0. The van der Waals surface area contributed by atoms with E-state index >= 15 is 0 Å². The minimum atomic E-state index is -3.62. The third-order valence-electron chi connectivity index (χ3n) is 3.03. The van der Waals surface area contributed by atoms with Crippen molar-refractivity contribution in [1.29, 1.82) is 0 Å². The predicted octanol–water partition coefficient (Wildman–Crippen LogP) is 2.87. The van der Waals surface area contributed by atoms with Crippen molar-refractivity contribution in [3.63, 3.8) is 0 Å². The van der Waals surface area contributed by atoms with Crippen molar-refractivity contribution in [1.82, 2.24) is 4.72 Å². The number of aliphatic hydroxyl groups excluding tert-OH is 1. The van der Waals surface area contributed by atoms with Crippen LogP contribution in [0.2, 0.25) is 5.02 Å². The van der Waals surface area contributed by atoms with Gasteiger partial charge in [0.15, 0.2) is 0 Å². The highest BCUT2D eigenvalue weighted by Crippen LogP contribution is 2.17. The lowest BCUT2D eigenvalue weighted by Gasteiger charge is -2.10. The quantitative estimate of drug-likeness (QED) is 0.888. The summed E-state index contributed by atoms with van der Waals surface area (Å²) in [4.78, 5) is 0.134. The van der Waals surface area contributed by atoms with E-state index in [1.165, 1.54) is 12.1 Å². The van der Waals surface area contributed by atoms with Gasteiger partial charge >= 0.3 is 0 Å². The molecule has 2 rings (SSSR count). The Labute approximate surface area is 129 Å². The molecule has 0 amide bonds. The van der Waals surface area contributed by atoms with Crippen molar-refractivity contribution in [3.05, 3.63) is 64.7 Å². The van der Waals surface area contributed by atoms with Gasteiger partial charge in [0.1, 0.15) is 0 Å². The maximum atomic E-state index is 12.2. The van der Waals surface area contributed by atoms with Crippen LogP contribution in [-0.4, -0.2) is 13.5 Å². The van der Waals surface area contributed by atoms with Crippen molar-refractivity contribution in [3.8, 4) is 0 Å². The first-order valence-electron chi connectivity index (χ1n) is 6.40. The van der Waals surface area contributed by atoms with Crippen LogP contribution in [0.4, 0.5) is 0 Å². The van der Waals surface area contributed by atoms with E-state index in [1.807, 2.05) is 0 Å². The van der Waals surface area contributed by atoms with E-state index in [9.17, 15) is 13.5 Å². The van der Waals surface area contributed by atoms with Crippen LogP contribution in [0.3, 0.4) is 0 Å². The Kier molecular flexibility index (Phi) is 5.00. The number of sulfonamides is 1. The number of halogens is 1. The Morgan fingerprint density at radius 2 is 1.86 bits per heavy atom. The molecule has 0 bridgehead atoms. The van der Waals surface area contributed by atoms with Crippen LogP contribution >= 0.6 is 11.6 Å². The molecule has 0 heterocycles. The summed E-state index contributed by atoms with van der Waals surface area (Å²) in [6, 6.07) is 13.2. The Hall–Kier alpha value is -1.40. The van der Waals surface area contributed by atoms with Crippen LogP contribution in [-0.2, 0) is 16.6 Å². The molecule has 1 unspecified atom stereocenters. The lowest BCUT2D eigenvalue weighted by Crippen LogP contribution is -2.23. The Morgan fingerprint density at radius 3 is 2.48 bits per heavy atom. The molecule has 4 nitrogen and oxygen atoms in total. The van der Waals surface area contributed by atoms with Crippen molar-refractivity contribution in [2.75, 3.05) is 0 Å². The first-order valence-corrected chi connectivity index (χ1v) is 8.27. The second kappa shape index (κ2) is 6.58. The smallest absolute Gasteiger partial charge is 0.240 e. The summed E-state index contributed by atoms with van der Waals surface area (Å²) in [7, 11) is -3.62. The number of aliphatic hydroxyl groups is 1. The zero-order chi connectivity index (χ0) is 15.5. The van der Waals surface area contributed by atoms with Gasteiger partial charge in [-0.05, 0) is 42.3 Å². The molecule has 0 spiro atoms. The van der Waals surface area contributed by atoms with Crippen LogP contribution in [0, 0.1) is 0 Å². The SMILES string of the molecule is CC(O)c1cccc(S(=O)(=O)NCc2ccc(Cl)cc2)c1. The van der Waals surface area contributed by atoms with Crippen LogP contribution in [0.25, 0.3) is 0 Å². The number of hydrogen-bond donors (Lipinski definition) is 2. The number of nitrogens with one attached hydrogen (secondary N) is 1. The monoisotopic (exact) mass is 325 g/mol. The molecule has 0 radical (unpaired) electrons. The van der Waals surface area contributed by atoms with Gasteiger partial charge in [0.25, 0.3) is 0 Å². The largest absolute Gasteiger partial charge is 0.389 e. The van der Waals surface area contributed by atoms with Gasteiger partial charge in [-0.3, -0.25) is 0 Å². The average molecular weight is 326 g/mol. The second-order valence-electron chi connectivity index (χ2n) is 4.70. The van der Waals surface area contributed by atoms with Crippen molar-refractivity contribution >= 4 is 21.6 Å². The highest BCUT2D eigenvalue weighted by molar-refractivity contribution is 7.89. The lowest BCUT2D eigenvalue weighted by molar-refractivity contribution is 0.199. The molecule has 21 heavy (non-hydrogen) atoms. The normalized spacial score (nSPS) is 13.1. The van der Waals surface area contributed by atoms with Gasteiger partial charge in [-0.25, -0.2) is 13.1 Å². The zero-order valence-corrected chi connectivity index (χ0v) is 13.0. The average Bonchev–Trinajstić information content (AvgIpc) is 2.47. The van der Waals surface area contributed by atoms with Gasteiger partial charge in [-0.1, -0.05) is 35.9 Å². The second-order valence-corrected chi connectivity index (χ2v) is 6.90. The molecule has 2 N–H and O–H groups in total. The minimum Gasteiger partial charge on any atom is -0.389 e. The third kappa shape index (κ3) is 4.28. The van der Waals surface area contributed by atoms with Gasteiger partial charge in [0.2, 0.25) is 10.0 Å². The van der Waals surface area contributed by atoms with Crippen LogP contribution in [0.15, 0.2) is 53.4 Å². The van der Waals surface area contributed by atoms with E-state index in [1.54, 1.807) is 43.3 Å². The van der Waals surface area contributed by atoms with Crippen molar-refractivity contribution in [2.24, 2.45) is 0 Å². The molecule has 0 saturated carbocycles. The molecule has 1 atom stereocenters. The molecule has 2 aromatic carbocycles. The fraction of sp³-hybridized carbons (Fsp3) is 0.200. The summed E-state index contributed by atoms with van der Waals surface area (Å²) in [5.41, 5.74) is 1.37. The predicted molar refractivity (Wildman–Crippen MR) is 82.6 cm³/mol. The standard InChI is InChI=1S/C15H16ClNO3S/c1-11(18)13-3-2-4-15(9-13)21(19,20)17-10-12-5-7-14(16)8-6-12/h2-9,11,17-18H,10H2,1H3. The Balaban J connectivity index is 2.14. The summed E-state index contributed by atoms with van der Waals surface area (Å²) in [5.74, 6) is 0. The molecule has 6 heteroatoms. The fourth-order valence-electron chi connectivity index (χ4n) is 1.81. The molecule has 0 saturated heterocycles. The van der Waals surface area contributed by atoms with Gasteiger partial charge in [0, 0.05) is 11.6 Å². The van der Waals surface area contributed by atoms with Gasteiger partial charge in [-0.15, -0.1) is 0 Å². The lowest BCUT2D eigenvalue weighted by atomic mass is 10.1. The molecule has 112 valence electrons. The van der Waals surface area contributed by atoms with Crippen LogP contribution < -0.4 is 4.72 Å². The topological polar surface area (TPSA) is 66.4 Å². The molecular weight excluding hydrogens is 310 g/mol. The molecule has 0 aliphatic heterocycles. The first kappa shape index (κ1) is 16.0. The Morgan fingerprint density at radius 1 is 1.19 bits per heavy atom. The first-order chi connectivity index (χ1) is 9.88. The summed E-state index contributed by atoms with van der Waals surface area (Å²) >= 11 is 5.78. The van der Waals surface area contributed by atoms with E-state index in [-0.39, 0.29) is 11.4 Å². The van der Waals surface area contributed by atoms with E-state index in [4.69, 9.17) is 11.6 Å². The molecular formula is C15H16ClNO3S. The number of rotatable bonds is 5. The maximum absolute atomic E-state index is 12.2. The zero-order valence-electron chi connectivity index (χ0n) is 11.5. The molecule has 0 aliphatic carbocycles. The highest BCUT2D eigenvalue weighted by atomic mass is 35.5.